The third-order valence-corrected chi connectivity index (χ3v) is 4.50. The van der Waals surface area contributed by atoms with Crippen molar-refractivity contribution in [3.63, 3.8) is 0 Å². The lowest BCUT2D eigenvalue weighted by Gasteiger charge is -2.21. The molecule has 2 unspecified atom stereocenters. The molecule has 3 rings (SSSR count). The summed E-state index contributed by atoms with van der Waals surface area (Å²) in [7, 11) is 2.17. The van der Waals surface area contributed by atoms with Gasteiger partial charge in [0.05, 0.1) is 5.60 Å². The molecule has 0 aromatic heterocycles. The van der Waals surface area contributed by atoms with E-state index >= 15 is 0 Å². The number of rotatable bonds is 3. The largest absolute Gasteiger partial charge is 0.385 e. The van der Waals surface area contributed by atoms with Crippen LogP contribution in [0.3, 0.4) is 0 Å². The summed E-state index contributed by atoms with van der Waals surface area (Å²) in [5, 5.41) is 10.2. The highest BCUT2D eigenvalue weighted by atomic mass is 16.3. The number of likely N-dealkylation sites (tertiary alicyclic amines) is 1. The summed E-state index contributed by atoms with van der Waals surface area (Å²) >= 11 is 0. The van der Waals surface area contributed by atoms with Gasteiger partial charge in [0.1, 0.15) is 0 Å². The Hall–Kier alpha value is -0.900. The molecule has 1 aromatic carbocycles. The van der Waals surface area contributed by atoms with Crippen LogP contribution in [-0.4, -0.2) is 30.1 Å². The molecule has 1 aliphatic carbocycles. The number of benzene rings is 1. The molecule has 1 saturated heterocycles. The molecule has 2 atom stereocenters. The first-order chi connectivity index (χ1) is 8.62. The molecular weight excluding hydrogens is 224 g/mol. The van der Waals surface area contributed by atoms with E-state index in [1.807, 2.05) is 6.07 Å². The fraction of sp³-hybridized carbons (Fsp3) is 0.600. The fourth-order valence-corrected chi connectivity index (χ4v) is 3.11. The van der Waals surface area contributed by atoms with Crippen LogP contribution in [0.25, 0.3) is 0 Å². The molecule has 0 bridgehead atoms. The Labute approximate surface area is 109 Å². The number of aliphatic hydroxyl groups is 1. The van der Waals surface area contributed by atoms with Crippen molar-refractivity contribution in [3.05, 3.63) is 35.4 Å². The molecule has 1 saturated carbocycles. The maximum Gasteiger partial charge on any atom is 0.0899 e. The van der Waals surface area contributed by atoms with Crippen molar-refractivity contribution in [2.75, 3.05) is 20.1 Å². The van der Waals surface area contributed by atoms with E-state index < -0.39 is 5.60 Å². The molecule has 0 radical (unpaired) electrons. The minimum Gasteiger partial charge on any atom is -0.385 e. The van der Waals surface area contributed by atoms with Crippen molar-refractivity contribution in [2.24, 2.45) is 11.7 Å². The lowest BCUT2D eigenvalue weighted by atomic mass is 9.96. The van der Waals surface area contributed by atoms with Crippen LogP contribution >= 0.6 is 0 Å². The normalized spacial score (nSPS) is 30.6. The second-order valence-corrected chi connectivity index (χ2v) is 5.95. The summed E-state index contributed by atoms with van der Waals surface area (Å²) in [6, 6.07) is 8.94. The van der Waals surface area contributed by atoms with E-state index in [-0.39, 0.29) is 0 Å². The number of nitrogens with two attached hydrogens (primary N) is 1. The summed E-state index contributed by atoms with van der Waals surface area (Å²) in [5.41, 5.74) is 7.66. The Morgan fingerprint density at radius 2 is 2.22 bits per heavy atom. The molecule has 2 fully saturated rings. The molecule has 0 amide bonds. The van der Waals surface area contributed by atoms with Crippen LogP contribution < -0.4 is 5.73 Å². The third-order valence-electron chi connectivity index (χ3n) is 4.50. The lowest BCUT2D eigenvalue weighted by Crippen LogP contribution is -2.20. The molecule has 2 aliphatic rings. The predicted octanol–water partition coefficient (Wildman–Crippen LogP) is 1.62. The van der Waals surface area contributed by atoms with Crippen molar-refractivity contribution < 1.29 is 5.11 Å². The summed E-state index contributed by atoms with van der Waals surface area (Å²) in [5.74, 6) is 0.604. The van der Waals surface area contributed by atoms with Crippen molar-refractivity contribution in [3.8, 4) is 0 Å². The van der Waals surface area contributed by atoms with E-state index in [2.05, 4.69) is 30.1 Å². The Morgan fingerprint density at radius 1 is 1.44 bits per heavy atom. The van der Waals surface area contributed by atoms with Gasteiger partial charge in [0.2, 0.25) is 0 Å². The van der Waals surface area contributed by atoms with Gasteiger partial charge in [0.15, 0.2) is 0 Å². The van der Waals surface area contributed by atoms with Crippen LogP contribution in [0.4, 0.5) is 0 Å². The lowest BCUT2D eigenvalue weighted by molar-refractivity contribution is 0.151. The van der Waals surface area contributed by atoms with Crippen molar-refractivity contribution in [1.29, 1.82) is 0 Å². The Balaban J connectivity index is 1.84. The summed E-state index contributed by atoms with van der Waals surface area (Å²) in [4.78, 5) is 2.38. The summed E-state index contributed by atoms with van der Waals surface area (Å²) < 4.78 is 0. The standard InChI is InChI=1S/C15H22N2O/c1-17-10-11(9-16)7-14(17)12-3-2-4-13(8-12)15(18)5-6-15/h2-4,8,11,14,18H,5-7,9-10,16H2,1H3. The van der Waals surface area contributed by atoms with E-state index in [9.17, 15) is 5.11 Å². The first-order valence-corrected chi connectivity index (χ1v) is 6.85. The molecule has 18 heavy (non-hydrogen) atoms. The van der Waals surface area contributed by atoms with Crippen LogP contribution in [0.1, 0.15) is 36.4 Å². The Bertz CT molecular complexity index is 442. The molecule has 1 aromatic rings. The van der Waals surface area contributed by atoms with Crippen molar-refractivity contribution in [2.45, 2.75) is 30.9 Å². The Morgan fingerprint density at radius 3 is 2.83 bits per heavy atom. The van der Waals surface area contributed by atoms with Gasteiger partial charge >= 0.3 is 0 Å². The zero-order valence-corrected chi connectivity index (χ0v) is 11.0. The maximum absolute atomic E-state index is 10.2. The highest BCUT2D eigenvalue weighted by Gasteiger charge is 2.42. The molecule has 0 spiro atoms. The van der Waals surface area contributed by atoms with Crippen LogP contribution in [0, 0.1) is 5.92 Å². The second-order valence-electron chi connectivity index (χ2n) is 5.95. The highest BCUT2D eigenvalue weighted by Crippen LogP contribution is 2.46. The van der Waals surface area contributed by atoms with Crippen molar-refractivity contribution in [1.82, 2.24) is 4.90 Å². The smallest absolute Gasteiger partial charge is 0.0899 e. The summed E-state index contributed by atoms with van der Waals surface area (Å²) in [6.45, 7) is 1.85. The topological polar surface area (TPSA) is 49.5 Å². The van der Waals surface area contributed by atoms with Crippen LogP contribution in [0.5, 0.6) is 0 Å². The number of hydrogen-bond acceptors (Lipinski definition) is 3. The van der Waals surface area contributed by atoms with Gasteiger partial charge in [-0.25, -0.2) is 0 Å². The quantitative estimate of drug-likeness (QED) is 0.852. The minimum absolute atomic E-state index is 0.459. The highest BCUT2D eigenvalue weighted by molar-refractivity contribution is 5.33. The van der Waals surface area contributed by atoms with E-state index in [4.69, 9.17) is 5.73 Å². The van der Waals surface area contributed by atoms with E-state index in [1.165, 1.54) is 5.56 Å². The average molecular weight is 246 g/mol. The van der Waals surface area contributed by atoms with Crippen LogP contribution in [0.2, 0.25) is 0 Å². The molecular formula is C15H22N2O. The van der Waals surface area contributed by atoms with Gasteiger partial charge in [-0.05, 0) is 49.9 Å². The third kappa shape index (κ3) is 2.07. The van der Waals surface area contributed by atoms with E-state index in [0.717, 1.165) is 37.9 Å². The van der Waals surface area contributed by atoms with Crippen LogP contribution in [-0.2, 0) is 5.60 Å². The zero-order chi connectivity index (χ0) is 12.8. The fourth-order valence-electron chi connectivity index (χ4n) is 3.11. The molecule has 98 valence electrons. The van der Waals surface area contributed by atoms with Crippen LogP contribution in [0.15, 0.2) is 24.3 Å². The van der Waals surface area contributed by atoms with E-state index in [1.54, 1.807) is 0 Å². The van der Waals surface area contributed by atoms with Gasteiger partial charge in [0, 0.05) is 12.6 Å². The zero-order valence-electron chi connectivity index (χ0n) is 11.0. The van der Waals surface area contributed by atoms with Gasteiger partial charge < -0.3 is 10.8 Å². The molecule has 1 heterocycles. The van der Waals surface area contributed by atoms with E-state index in [0.29, 0.717) is 12.0 Å². The second kappa shape index (κ2) is 4.34. The van der Waals surface area contributed by atoms with Crippen molar-refractivity contribution >= 4 is 0 Å². The van der Waals surface area contributed by atoms with Gasteiger partial charge in [-0.15, -0.1) is 0 Å². The van der Waals surface area contributed by atoms with Gasteiger partial charge in [-0.1, -0.05) is 24.3 Å². The maximum atomic E-state index is 10.2. The first kappa shape index (κ1) is 12.2. The molecule has 3 nitrogen and oxygen atoms in total. The minimum atomic E-state index is -0.527. The number of hydrogen-bond donors (Lipinski definition) is 2. The van der Waals surface area contributed by atoms with Gasteiger partial charge in [0.25, 0.3) is 0 Å². The molecule has 1 aliphatic heterocycles. The first-order valence-electron chi connectivity index (χ1n) is 6.85. The number of nitrogens with zero attached hydrogens (tertiary/aromatic N) is 1. The van der Waals surface area contributed by atoms with Gasteiger partial charge in [-0.2, -0.15) is 0 Å². The molecule has 3 N–H and O–H groups in total. The summed E-state index contributed by atoms with van der Waals surface area (Å²) in [6.07, 6.45) is 2.94. The Kier molecular flexibility index (Phi) is 2.93. The van der Waals surface area contributed by atoms with Gasteiger partial charge in [-0.3, -0.25) is 4.90 Å². The molecule has 3 heteroatoms. The average Bonchev–Trinajstić information content (AvgIpc) is 3.02. The monoisotopic (exact) mass is 246 g/mol. The SMILES string of the molecule is CN1CC(CN)CC1c1cccc(C2(O)CC2)c1. The predicted molar refractivity (Wildman–Crippen MR) is 72.1 cm³/mol.